The molecule has 0 radical (unpaired) electrons. The Labute approximate surface area is 158 Å². The molecule has 1 heterocycles. The fraction of sp³-hybridized carbons (Fsp3) is 0.200. The highest BCUT2D eigenvalue weighted by atomic mass is 35.5. The van der Waals surface area contributed by atoms with Crippen LogP contribution in [0.5, 0.6) is 0 Å². The molecule has 3 aromatic rings. The van der Waals surface area contributed by atoms with E-state index in [-0.39, 0.29) is 0 Å². The first-order valence-corrected chi connectivity index (χ1v) is 10.5. The second-order valence-electron chi connectivity index (χ2n) is 6.50. The second kappa shape index (κ2) is 7.00. The van der Waals surface area contributed by atoms with Crippen LogP contribution >= 0.6 is 11.6 Å². The molecule has 1 saturated heterocycles. The fourth-order valence-corrected chi connectivity index (χ4v) is 5.24. The van der Waals surface area contributed by atoms with E-state index in [9.17, 15) is 8.42 Å². The number of nitrogens with one attached hydrogen (secondary N) is 1. The summed E-state index contributed by atoms with van der Waals surface area (Å²) in [5, 5.41) is 2.71. The van der Waals surface area contributed by atoms with Gasteiger partial charge in [-0.3, -0.25) is 4.90 Å². The van der Waals surface area contributed by atoms with Gasteiger partial charge in [0.25, 0.3) is 0 Å². The molecule has 1 fully saturated rings. The summed E-state index contributed by atoms with van der Waals surface area (Å²) >= 11 is 6.28. The van der Waals surface area contributed by atoms with E-state index in [1.165, 1.54) is 4.90 Å². The molecular weight excluding hydrogens is 368 g/mol. The zero-order valence-corrected chi connectivity index (χ0v) is 15.8. The summed E-state index contributed by atoms with van der Waals surface area (Å²) in [5.41, 5.74) is 1.04. The SMILES string of the molecule is O=S(=O)(c1ccc2ccccc2c1)N1CC[NH+](c2ccccc2Cl)CC1. The highest BCUT2D eigenvalue weighted by Gasteiger charge is 2.31. The summed E-state index contributed by atoms with van der Waals surface area (Å²) in [7, 11) is -3.48. The lowest BCUT2D eigenvalue weighted by Crippen LogP contribution is -3.10. The van der Waals surface area contributed by atoms with Gasteiger partial charge in [-0.2, -0.15) is 4.31 Å². The molecule has 0 spiro atoms. The number of hydrogen-bond acceptors (Lipinski definition) is 2. The Hall–Kier alpha value is -1.92. The van der Waals surface area contributed by atoms with Crippen LogP contribution in [0.1, 0.15) is 0 Å². The van der Waals surface area contributed by atoms with Crippen LogP contribution in [0.4, 0.5) is 5.69 Å². The summed E-state index contributed by atoms with van der Waals surface area (Å²) in [4.78, 5) is 1.58. The molecule has 0 atom stereocenters. The van der Waals surface area contributed by atoms with E-state index in [4.69, 9.17) is 11.6 Å². The number of nitrogens with zero attached hydrogens (tertiary/aromatic N) is 1. The third-order valence-electron chi connectivity index (χ3n) is 4.94. The monoisotopic (exact) mass is 387 g/mol. The van der Waals surface area contributed by atoms with E-state index in [0.29, 0.717) is 31.1 Å². The van der Waals surface area contributed by atoms with E-state index >= 15 is 0 Å². The van der Waals surface area contributed by atoms with Crippen molar-refractivity contribution in [1.29, 1.82) is 0 Å². The average Bonchev–Trinajstić information content (AvgIpc) is 2.68. The Morgan fingerprint density at radius 1 is 0.846 bits per heavy atom. The van der Waals surface area contributed by atoms with Crippen molar-refractivity contribution in [1.82, 2.24) is 4.31 Å². The molecule has 0 saturated carbocycles. The number of quaternary nitrogens is 1. The summed E-state index contributed by atoms with van der Waals surface area (Å²) in [6.45, 7) is 2.37. The van der Waals surface area contributed by atoms with Gasteiger partial charge >= 0.3 is 0 Å². The van der Waals surface area contributed by atoms with Gasteiger partial charge in [0.15, 0.2) is 0 Å². The van der Waals surface area contributed by atoms with Crippen LogP contribution < -0.4 is 4.90 Å². The Balaban J connectivity index is 1.55. The van der Waals surface area contributed by atoms with Crippen molar-refractivity contribution in [3.05, 3.63) is 71.8 Å². The van der Waals surface area contributed by atoms with Gasteiger partial charge in [-0.25, -0.2) is 8.42 Å². The number of rotatable bonds is 3. The van der Waals surface area contributed by atoms with E-state index < -0.39 is 10.0 Å². The summed E-state index contributed by atoms with van der Waals surface area (Å²) in [6.07, 6.45) is 0. The number of benzene rings is 3. The van der Waals surface area contributed by atoms with Gasteiger partial charge in [-0.05, 0) is 29.0 Å². The first-order valence-electron chi connectivity index (χ1n) is 8.64. The van der Waals surface area contributed by atoms with Crippen molar-refractivity contribution in [2.75, 3.05) is 26.2 Å². The summed E-state index contributed by atoms with van der Waals surface area (Å²) < 4.78 is 27.6. The van der Waals surface area contributed by atoms with Crippen molar-refractivity contribution in [2.45, 2.75) is 4.90 Å². The third kappa shape index (κ3) is 3.23. The first kappa shape index (κ1) is 17.5. The Bertz CT molecular complexity index is 1040. The number of piperazine rings is 1. The highest BCUT2D eigenvalue weighted by Crippen LogP contribution is 2.22. The number of para-hydroxylation sites is 1. The van der Waals surface area contributed by atoms with Gasteiger partial charge in [-0.1, -0.05) is 54.1 Å². The maximum atomic E-state index is 13.0. The van der Waals surface area contributed by atoms with Crippen molar-refractivity contribution < 1.29 is 13.3 Å². The van der Waals surface area contributed by atoms with Crippen LogP contribution in [0, 0.1) is 0 Å². The van der Waals surface area contributed by atoms with Crippen LogP contribution in [-0.2, 0) is 10.0 Å². The van der Waals surface area contributed by atoms with Gasteiger partial charge < -0.3 is 0 Å². The molecule has 0 unspecified atom stereocenters. The molecule has 1 N–H and O–H groups in total. The van der Waals surface area contributed by atoms with E-state index in [1.807, 2.05) is 54.6 Å². The third-order valence-corrected chi connectivity index (χ3v) is 7.16. The van der Waals surface area contributed by atoms with Crippen molar-refractivity contribution in [3.63, 3.8) is 0 Å². The van der Waals surface area contributed by atoms with E-state index in [2.05, 4.69) is 0 Å². The molecular formula is C20H20ClN2O2S+. The van der Waals surface area contributed by atoms with E-state index in [0.717, 1.165) is 21.5 Å². The number of fused-ring (bicyclic) bond motifs is 1. The molecule has 1 aliphatic heterocycles. The lowest BCUT2D eigenvalue weighted by Gasteiger charge is -2.31. The molecule has 0 bridgehead atoms. The fourth-order valence-electron chi connectivity index (χ4n) is 3.49. The molecule has 6 heteroatoms. The lowest BCUT2D eigenvalue weighted by atomic mass is 10.1. The van der Waals surface area contributed by atoms with Crippen molar-refractivity contribution >= 4 is 38.1 Å². The van der Waals surface area contributed by atoms with Crippen molar-refractivity contribution in [2.24, 2.45) is 0 Å². The van der Waals surface area contributed by atoms with Crippen LogP contribution in [0.15, 0.2) is 71.6 Å². The second-order valence-corrected chi connectivity index (χ2v) is 8.84. The summed E-state index contributed by atoms with van der Waals surface area (Å²) in [6, 6.07) is 20.9. The predicted molar refractivity (Wildman–Crippen MR) is 105 cm³/mol. The zero-order chi connectivity index (χ0) is 18.1. The predicted octanol–water partition coefficient (Wildman–Crippen LogP) is 2.71. The van der Waals surface area contributed by atoms with Gasteiger partial charge in [-0.15, -0.1) is 0 Å². The largest absolute Gasteiger partial charge is 0.299 e. The number of halogens is 1. The molecule has 26 heavy (non-hydrogen) atoms. The molecule has 0 amide bonds. The summed E-state index contributed by atoms with van der Waals surface area (Å²) in [5.74, 6) is 0. The first-order chi connectivity index (χ1) is 12.6. The molecule has 134 valence electrons. The van der Waals surface area contributed by atoms with Crippen LogP contribution in [0.2, 0.25) is 5.02 Å². The van der Waals surface area contributed by atoms with Gasteiger partial charge in [0.1, 0.15) is 10.7 Å². The van der Waals surface area contributed by atoms with Gasteiger partial charge in [0, 0.05) is 6.07 Å². The molecule has 0 aromatic heterocycles. The Morgan fingerprint density at radius 3 is 2.23 bits per heavy atom. The van der Waals surface area contributed by atoms with Gasteiger partial charge in [0.05, 0.1) is 31.1 Å². The van der Waals surface area contributed by atoms with Crippen LogP contribution in [-0.4, -0.2) is 38.9 Å². The molecule has 4 rings (SSSR count). The Morgan fingerprint density at radius 2 is 1.50 bits per heavy atom. The number of sulfonamides is 1. The highest BCUT2D eigenvalue weighted by molar-refractivity contribution is 7.89. The molecule has 0 aliphatic carbocycles. The maximum Gasteiger partial charge on any atom is 0.243 e. The zero-order valence-electron chi connectivity index (χ0n) is 14.2. The maximum absolute atomic E-state index is 13.0. The topological polar surface area (TPSA) is 41.8 Å². The molecule has 3 aromatic carbocycles. The normalized spacial score (nSPS) is 16.8. The minimum atomic E-state index is -3.48. The minimum Gasteiger partial charge on any atom is -0.299 e. The van der Waals surface area contributed by atoms with Crippen molar-refractivity contribution in [3.8, 4) is 0 Å². The quantitative estimate of drug-likeness (QED) is 0.750. The molecule has 1 aliphatic rings. The van der Waals surface area contributed by atoms with Crippen LogP contribution in [0.25, 0.3) is 10.8 Å². The van der Waals surface area contributed by atoms with Gasteiger partial charge in [0.2, 0.25) is 10.0 Å². The minimum absolute atomic E-state index is 0.359. The average molecular weight is 388 g/mol. The van der Waals surface area contributed by atoms with E-state index in [1.54, 1.807) is 16.4 Å². The standard InChI is InChI=1S/C20H19ClN2O2S/c21-19-7-3-4-8-20(19)22-11-13-23(14-12-22)26(24,25)18-10-9-16-5-1-2-6-17(16)15-18/h1-10,15H,11-14H2/p+1. The van der Waals surface area contributed by atoms with Crippen LogP contribution in [0.3, 0.4) is 0 Å². The Kier molecular flexibility index (Phi) is 4.71. The molecule has 4 nitrogen and oxygen atoms in total. The number of hydrogen-bond donors (Lipinski definition) is 1. The lowest BCUT2D eigenvalue weighted by molar-refractivity contribution is -0.837. The smallest absolute Gasteiger partial charge is 0.243 e.